The minimum atomic E-state index is -0.551. The molecule has 0 saturated heterocycles. The highest BCUT2D eigenvalue weighted by atomic mass is 79.9. The molecule has 0 fully saturated rings. The van der Waals surface area contributed by atoms with Crippen molar-refractivity contribution in [1.29, 1.82) is 0 Å². The molecular formula is C17H15BrN2O4S. The fourth-order valence-electron chi connectivity index (χ4n) is 2.00. The maximum atomic E-state index is 11.9. The van der Waals surface area contributed by atoms with Crippen LogP contribution >= 0.6 is 28.1 Å². The van der Waals surface area contributed by atoms with E-state index in [1.807, 2.05) is 24.3 Å². The van der Waals surface area contributed by atoms with E-state index in [2.05, 4.69) is 26.6 Å². The van der Waals surface area contributed by atoms with Gasteiger partial charge in [-0.1, -0.05) is 15.9 Å². The number of hydrogen-bond acceptors (Lipinski definition) is 5. The Hall–Kier alpha value is -2.45. The fourth-order valence-corrected chi connectivity index (χ4v) is 2.49. The molecule has 0 aliphatic heterocycles. The number of nitrogens with one attached hydrogen (secondary N) is 2. The van der Waals surface area contributed by atoms with Crippen LogP contribution in [0.2, 0.25) is 0 Å². The summed E-state index contributed by atoms with van der Waals surface area (Å²) in [5, 5.41) is 6.16. The van der Waals surface area contributed by atoms with Crippen molar-refractivity contribution in [3.05, 3.63) is 58.1 Å². The van der Waals surface area contributed by atoms with E-state index < -0.39 is 11.9 Å². The van der Waals surface area contributed by atoms with Gasteiger partial charge in [0.25, 0.3) is 0 Å². The van der Waals surface area contributed by atoms with E-state index in [4.69, 9.17) is 21.7 Å². The molecule has 2 N–H and O–H groups in total. The van der Waals surface area contributed by atoms with Gasteiger partial charge < -0.3 is 20.1 Å². The third-order valence-electron chi connectivity index (χ3n) is 3.20. The smallest absolute Gasteiger partial charge is 0.339 e. The highest BCUT2D eigenvalue weighted by Gasteiger charge is 2.16. The van der Waals surface area contributed by atoms with Gasteiger partial charge in [0.1, 0.15) is 0 Å². The lowest BCUT2D eigenvalue weighted by molar-refractivity contribution is 0.0587. The van der Waals surface area contributed by atoms with Gasteiger partial charge in [-0.05, 0) is 54.7 Å². The van der Waals surface area contributed by atoms with E-state index in [9.17, 15) is 9.59 Å². The Bertz CT molecular complexity index is 809. The summed E-state index contributed by atoms with van der Waals surface area (Å²) in [6, 6.07) is 11.8. The molecule has 0 unspecified atom stereocenters. The summed E-state index contributed by atoms with van der Waals surface area (Å²) in [7, 11) is 2.56. The molecule has 130 valence electrons. The van der Waals surface area contributed by atoms with E-state index in [0.29, 0.717) is 5.69 Å². The summed E-state index contributed by atoms with van der Waals surface area (Å²) in [4.78, 5) is 23.6. The average Bonchev–Trinajstić information content (AvgIpc) is 2.62. The van der Waals surface area contributed by atoms with Crippen molar-refractivity contribution in [2.45, 2.75) is 0 Å². The Morgan fingerprint density at radius 3 is 2.20 bits per heavy atom. The second kappa shape index (κ2) is 8.59. The van der Waals surface area contributed by atoms with Crippen molar-refractivity contribution < 1.29 is 19.1 Å². The van der Waals surface area contributed by atoms with Gasteiger partial charge in [0.05, 0.1) is 31.0 Å². The number of ether oxygens (including phenoxy) is 2. The van der Waals surface area contributed by atoms with E-state index >= 15 is 0 Å². The molecule has 2 rings (SSSR count). The van der Waals surface area contributed by atoms with Gasteiger partial charge in [-0.15, -0.1) is 0 Å². The molecule has 2 aromatic rings. The first-order valence-electron chi connectivity index (χ1n) is 7.09. The van der Waals surface area contributed by atoms with E-state index in [1.165, 1.54) is 32.4 Å². The monoisotopic (exact) mass is 422 g/mol. The Labute approximate surface area is 158 Å². The summed E-state index contributed by atoms with van der Waals surface area (Å²) >= 11 is 8.62. The minimum absolute atomic E-state index is 0.245. The molecule has 0 heterocycles. The Balaban J connectivity index is 2.25. The van der Waals surface area contributed by atoms with Gasteiger partial charge in [-0.2, -0.15) is 0 Å². The van der Waals surface area contributed by atoms with Gasteiger partial charge >= 0.3 is 11.9 Å². The molecule has 0 spiro atoms. The topological polar surface area (TPSA) is 76.7 Å². The van der Waals surface area contributed by atoms with Crippen molar-refractivity contribution in [2.24, 2.45) is 0 Å². The Morgan fingerprint density at radius 2 is 1.60 bits per heavy atom. The quantitative estimate of drug-likeness (QED) is 0.572. The summed E-state index contributed by atoms with van der Waals surface area (Å²) in [6.45, 7) is 0. The molecule has 0 radical (unpaired) electrons. The fraction of sp³-hybridized carbons (Fsp3) is 0.118. The van der Waals surface area contributed by atoms with Crippen LogP contribution in [0, 0.1) is 0 Å². The number of carbonyl (C=O) groups is 2. The predicted molar refractivity (Wildman–Crippen MR) is 103 cm³/mol. The van der Waals surface area contributed by atoms with Crippen LogP contribution in [0.1, 0.15) is 20.7 Å². The van der Waals surface area contributed by atoms with Crippen LogP contribution in [-0.4, -0.2) is 31.3 Å². The highest BCUT2D eigenvalue weighted by molar-refractivity contribution is 9.10. The number of thiocarbonyl (C=S) groups is 1. The number of rotatable bonds is 4. The zero-order valence-corrected chi connectivity index (χ0v) is 15.9. The first-order valence-corrected chi connectivity index (χ1v) is 8.29. The molecule has 0 amide bonds. The van der Waals surface area contributed by atoms with Crippen molar-refractivity contribution in [3.8, 4) is 0 Å². The van der Waals surface area contributed by atoms with Crippen LogP contribution in [0.25, 0.3) is 0 Å². The normalized spacial score (nSPS) is 9.88. The lowest BCUT2D eigenvalue weighted by atomic mass is 10.1. The molecule has 0 bridgehead atoms. The van der Waals surface area contributed by atoms with Crippen LogP contribution in [0.5, 0.6) is 0 Å². The molecule has 0 aliphatic carbocycles. The third kappa shape index (κ3) is 5.01. The number of carbonyl (C=O) groups excluding carboxylic acids is 2. The first kappa shape index (κ1) is 18.9. The van der Waals surface area contributed by atoms with Crippen LogP contribution in [-0.2, 0) is 9.47 Å². The average molecular weight is 423 g/mol. The number of methoxy groups -OCH3 is 2. The van der Waals surface area contributed by atoms with Gasteiger partial charge in [0, 0.05) is 10.2 Å². The molecule has 0 saturated carbocycles. The van der Waals surface area contributed by atoms with Crippen LogP contribution in [0.3, 0.4) is 0 Å². The molecule has 0 aliphatic rings. The molecule has 25 heavy (non-hydrogen) atoms. The molecule has 8 heteroatoms. The number of benzene rings is 2. The summed E-state index contributed by atoms with van der Waals surface area (Å²) in [5.41, 5.74) is 1.63. The zero-order chi connectivity index (χ0) is 18.4. The SMILES string of the molecule is COC(=O)c1ccc(C(=O)OC)c(NC(=S)Nc2ccc(Br)cc2)c1. The maximum Gasteiger partial charge on any atom is 0.339 e. The first-order chi connectivity index (χ1) is 11.9. The molecular weight excluding hydrogens is 408 g/mol. The van der Waals surface area contributed by atoms with Crippen molar-refractivity contribution in [2.75, 3.05) is 24.9 Å². The van der Waals surface area contributed by atoms with Gasteiger partial charge in [0.2, 0.25) is 0 Å². The molecule has 0 aromatic heterocycles. The van der Waals surface area contributed by atoms with E-state index in [0.717, 1.165) is 10.2 Å². The summed E-state index contributed by atoms with van der Waals surface area (Å²) in [6.07, 6.45) is 0. The Morgan fingerprint density at radius 1 is 0.960 bits per heavy atom. The third-order valence-corrected chi connectivity index (χ3v) is 3.93. The van der Waals surface area contributed by atoms with Crippen molar-refractivity contribution in [1.82, 2.24) is 0 Å². The summed E-state index contributed by atoms with van der Waals surface area (Å²) in [5.74, 6) is -1.07. The highest BCUT2D eigenvalue weighted by Crippen LogP contribution is 2.21. The van der Waals surface area contributed by atoms with E-state index in [1.54, 1.807) is 0 Å². The largest absolute Gasteiger partial charge is 0.465 e. The van der Waals surface area contributed by atoms with Crippen molar-refractivity contribution >= 4 is 56.6 Å². The number of halogens is 1. The minimum Gasteiger partial charge on any atom is -0.465 e. The second-order valence-electron chi connectivity index (χ2n) is 4.83. The Kier molecular flexibility index (Phi) is 6.49. The zero-order valence-electron chi connectivity index (χ0n) is 13.5. The van der Waals surface area contributed by atoms with Crippen LogP contribution in [0.15, 0.2) is 46.9 Å². The van der Waals surface area contributed by atoms with Gasteiger partial charge in [0.15, 0.2) is 5.11 Å². The van der Waals surface area contributed by atoms with Crippen LogP contribution < -0.4 is 10.6 Å². The van der Waals surface area contributed by atoms with Gasteiger partial charge in [-0.25, -0.2) is 9.59 Å². The summed E-state index contributed by atoms with van der Waals surface area (Å²) < 4.78 is 10.4. The lowest BCUT2D eigenvalue weighted by Crippen LogP contribution is -2.21. The molecule has 6 nitrogen and oxygen atoms in total. The number of hydrogen-bond donors (Lipinski definition) is 2. The van der Waals surface area contributed by atoms with Crippen LogP contribution in [0.4, 0.5) is 11.4 Å². The molecule has 0 atom stereocenters. The van der Waals surface area contributed by atoms with E-state index in [-0.39, 0.29) is 16.2 Å². The molecule has 2 aromatic carbocycles. The lowest BCUT2D eigenvalue weighted by Gasteiger charge is -2.14. The number of esters is 2. The number of anilines is 2. The van der Waals surface area contributed by atoms with Gasteiger partial charge in [-0.3, -0.25) is 0 Å². The van der Waals surface area contributed by atoms with Crippen molar-refractivity contribution in [3.63, 3.8) is 0 Å². The predicted octanol–water partition coefficient (Wildman–Crippen LogP) is 3.83. The second-order valence-corrected chi connectivity index (χ2v) is 6.15. The maximum absolute atomic E-state index is 11.9. The standard InChI is InChI=1S/C17H15BrN2O4S/c1-23-15(21)10-3-8-13(16(22)24-2)14(9-10)20-17(25)19-12-6-4-11(18)5-7-12/h3-9H,1-2H3,(H2,19,20,25).